The van der Waals surface area contributed by atoms with Crippen LogP contribution in [0.4, 0.5) is 4.39 Å². The number of hydrogen-bond donors (Lipinski definition) is 1. The van der Waals surface area contributed by atoms with E-state index in [0.29, 0.717) is 12.1 Å². The Bertz CT molecular complexity index is 936. The van der Waals surface area contributed by atoms with Crippen LogP contribution in [-0.2, 0) is 11.3 Å². The molecule has 1 saturated carbocycles. The Balaban J connectivity index is 1.70. The van der Waals surface area contributed by atoms with Crippen LogP contribution >= 0.6 is 0 Å². The minimum absolute atomic E-state index is 0.0510. The maximum Gasteiger partial charge on any atom is 0.254 e. The molecule has 1 heterocycles. The second-order valence-corrected chi connectivity index (χ2v) is 8.49. The van der Waals surface area contributed by atoms with Crippen molar-refractivity contribution in [1.29, 1.82) is 0 Å². The first kappa shape index (κ1) is 20.6. The number of amides is 2. The van der Waals surface area contributed by atoms with Crippen molar-refractivity contribution in [3.63, 3.8) is 0 Å². The van der Waals surface area contributed by atoms with Gasteiger partial charge in [0.05, 0.1) is 11.5 Å². The van der Waals surface area contributed by atoms with Crippen molar-refractivity contribution >= 4 is 11.8 Å². The Morgan fingerprint density at radius 3 is 2.67 bits per heavy atom. The lowest BCUT2D eigenvalue weighted by Gasteiger charge is -2.50. The van der Waals surface area contributed by atoms with E-state index >= 15 is 0 Å². The van der Waals surface area contributed by atoms with Gasteiger partial charge in [0.25, 0.3) is 5.91 Å². The van der Waals surface area contributed by atoms with Gasteiger partial charge in [-0.2, -0.15) is 0 Å². The summed E-state index contributed by atoms with van der Waals surface area (Å²) in [5, 5.41) is 3.04. The zero-order valence-electron chi connectivity index (χ0n) is 17.5. The maximum absolute atomic E-state index is 13.6. The highest BCUT2D eigenvalue weighted by Crippen LogP contribution is 2.50. The molecule has 1 fully saturated rings. The maximum atomic E-state index is 13.6. The molecule has 0 aromatic heterocycles. The first-order valence-corrected chi connectivity index (χ1v) is 11.0. The summed E-state index contributed by atoms with van der Waals surface area (Å²) in [4.78, 5) is 29.0. The van der Waals surface area contributed by atoms with Crippen molar-refractivity contribution in [2.24, 2.45) is 0 Å². The van der Waals surface area contributed by atoms with E-state index < -0.39 is 11.5 Å². The van der Waals surface area contributed by atoms with Crippen molar-refractivity contribution in [1.82, 2.24) is 10.2 Å². The molecule has 2 aromatic carbocycles. The molecular formula is C25H29FN2O2. The number of nitrogens with zero attached hydrogens (tertiary/aromatic N) is 1. The molecule has 2 aromatic rings. The van der Waals surface area contributed by atoms with Gasteiger partial charge in [-0.15, -0.1) is 0 Å². The Morgan fingerprint density at radius 2 is 1.93 bits per heavy atom. The molecule has 0 bridgehead atoms. The number of halogens is 1. The van der Waals surface area contributed by atoms with Gasteiger partial charge in [0.2, 0.25) is 5.91 Å². The highest BCUT2D eigenvalue weighted by atomic mass is 19.1. The minimum Gasteiger partial charge on any atom is -0.351 e. The highest BCUT2D eigenvalue weighted by molar-refractivity contribution is 6.02. The van der Waals surface area contributed by atoms with Gasteiger partial charge in [-0.05, 0) is 48.6 Å². The fourth-order valence-corrected chi connectivity index (χ4v) is 5.25. The first-order chi connectivity index (χ1) is 14.6. The third-order valence-corrected chi connectivity index (χ3v) is 6.64. The number of fused-ring (bicyclic) bond motifs is 1. The Kier molecular flexibility index (Phi) is 5.89. The van der Waals surface area contributed by atoms with E-state index in [1.165, 1.54) is 12.1 Å². The number of benzene rings is 2. The van der Waals surface area contributed by atoms with Crippen LogP contribution < -0.4 is 5.32 Å². The summed E-state index contributed by atoms with van der Waals surface area (Å²) in [6, 6.07) is 13.8. The van der Waals surface area contributed by atoms with E-state index in [-0.39, 0.29) is 24.2 Å². The average molecular weight is 409 g/mol. The molecule has 30 heavy (non-hydrogen) atoms. The molecule has 2 amide bonds. The summed E-state index contributed by atoms with van der Waals surface area (Å²) >= 11 is 0. The number of carbonyl (C=O) groups is 2. The SMILES string of the molecule is CCCCN1C(=O)c2ccccc2C(C(=O)NCc2cccc(F)c2)C12CCCC2. The topological polar surface area (TPSA) is 49.4 Å². The fraction of sp³-hybridized carbons (Fsp3) is 0.440. The van der Waals surface area contributed by atoms with Gasteiger partial charge in [-0.1, -0.05) is 56.5 Å². The van der Waals surface area contributed by atoms with Crippen LogP contribution in [0.2, 0.25) is 0 Å². The summed E-state index contributed by atoms with van der Waals surface area (Å²) in [6.45, 7) is 3.07. The highest BCUT2D eigenvalue weighted by Gasteiger charge is 2.55. The van der Waals surface area contributed by atoms with E-state index in [0.717, 1.165) is 49.7 Å². The smallest absolute Gasteiger partial charge is 0.254 e. The van der Waals surface area contributed by atoms with E-state index in [1.807, 2.05) is 29.2 Å². The van der Waals surface area contributed by atoms with Gasteiger partial charge in [-0.25, -0.2) is 4.39 Å². The number of hydrogen-bond acceptors (Lipinski definition) is 2. The molecule has 1 aliphatic carbocycles. The third-order valence-electron chi connectivity index (χ3n) is 6.64. The molecule has 4 nitrogen and oxygen atoms in total. The Labute approximate surface area is 177 Å². The molecule has 1 spiro atoms. The standard InChI is InChI=1S/C25H29FN2O2/c1-2-3-15-28-24(30)21-12-5-4-11-20(21)22(25(28)13-6-7-14-25)23(29)27-17-18-9-8-10-19(26)16-18/h4-5,8-12,16,22H,2-3,6-7,13-15,17H2,1H3,(H,27,29). The lowest BCUT2D eigenvalue weighted by molar-refractivity contribution is -0.126. The van der Waals surface area contributed by atoms with E-state index in [1.54, 1.807) is 12.1 Å². The predicted molar refractivity (Wildman–Crippen MR) is 115 cm³/mol. The first-order valence-electron chi connectivity index (χ1n) is 11.0. The molecule has 1 unspecified atom stereocenters. The van der Waals surface area contributed by atoms with Crippen LogP contribution in [0.25, 0.3) is 0 Å². The average Bonchev–Trinajstić information content (AvgIpc) is 3.22. The van der Waals surface area contributed by atoms with Crippen molar-refractivity contribution < 1.29 is 14.0 Å². The number of unbranched alkanes of at least 4 members (excludes halogenated alkanes) is 1. The molecule has 1 N–H and O–H groups in total. The van der Waals surface area contributed by atoms with Crippen LogP contribution in [0.15, 0.2) is 48.5 Å². The lowest BCUT2D eigenvalue weighted by Crippen LogP contribution is -2.60. The van der Waals surface area contributed by atoms with Gasteiger partial charge >= 0.3 is 0 Å². The molecule has 5 heteroatoms. The lowest BCUT2D eigenvalue weighted by atomic mass is 9.71. The van der Waals surface area contributed by atoms with Gasteiger partial charge in [-0.3, -0.25) is 9.59 Å². The second-order valence-electron chi connectivity index (χ2n) is 8.49. The van der Waals surface area contributed by atoms with Gasteiger partial charge < -0.3 is 10.2 Å². The number of carbonyl (C=O) groups excluding carboxylic acids is 2. The van der Waals surface area contributed by atoms with Crippen LogP contribution in [0.5, 0.6) is 0 Å². The largest absolute Gasteiger partial charge is 0.351 e. The van der Waals surface area contributed by atoms with Crippen LogP contribution in [0, 0.1) is 5.82 Å². The van der Waals surface area contributed by atoms with Crippen molar-refractivity contribution in [2.75, 3.05) is 6.54 Å². The summed E-state index contributed by atoms with van der Waals surface area (Å²) in [7, 11) is 0. The summed E-state index contributed by atoms with van der Waals surface area (Å²) < 4.78 is 13.5. The minimum atomic E-state index is -0.466. The third kappa shape index (κ3) is 3.62. The van der Waals surface area contributed by atoms with E-state index in [2.05, 4.69) is 12.2 Å². The molecule has 1 atom stereocenters. The van der Waals surface area contributed by atoms with E-state index in [4.69, 9.17) is 0 Å². The summed E-state index contributed by atoms with van der Waals surface area (Å²) in [5.41, 5.74) is 1.73. The molecule has 0 saturated heterocycles. The Morgan fingerprint density at radius 1 is 1.17 bits per heavy atom. The molecule has 1 aliphatic heterocycles. The normalized spacial score (nSPS) is 19.7. The van der Waals surface area contributed by atoms with Crippen LogP contribution in [0.1, 0.15) is 72.9 Å². The van der Waals surface area contributed by atoms with Crippen molar-refractivity contribution in [2.45, 2.75) is 63.5 Å². The second kappa shape index (κ2) is 8.58. The van der Waals surface area contributed by atoms with Gasteiger partial charge in [0.15, 0.2) is 0 Å². The van der Waals surface area contributed by atoms with Crippen LogP contribution in [-0.4, -0.2) is 28.8 Å². The van der Waals surface area contributed by atoms with Crippen molar-refractivity contribution in [3.05, 3.63) is 71.0 Å². The molecule has 0 radical (unpaired) electrons. The summed E-state index contributed by atoms with van der Waals surface area (Å²) in [6.07, 6.45) is 5.65. The fourth-order valence-electron chi connectivity index (χ4n) is 5.25. The molecule has 158 valence electrons. The number of nitrogens with one attached hydrogen (secondary N) is 1. The van der Waals surface area contributed by atoms with Crippen molar-refractivity contribution in [3.8, 4) is 0 Å². The van der Waals surface area contributed by atoms with E-state index in [9.17, 15) is 14.0 Å². The molecule has 2 aliphatic rings. The Hall–Kier alpha value is -2.69. The monoisotopic (exact) mass is 408 g/mol. The predicted octanol–water partition coefficient (Wildman–Crippen LogP) is 4.79. The molecule has 4 rings (SSSR count). The van der Waals surface area contributed by atoms with Gasteiger partial charge in [0.1, 0.15) is 5.82 Å². The zero-order valence-corrected chi connectivity index (χ0v) is 17.5. The zero-order chi connectivity index (χ0) is 21.1. The van der Waals surface area contributed by atoms with Crippen LogP contribution in [0.3, 0.4) is 0 Å². The quantitative estimate of drug-likeness (QED) is 0.747. The molecular weight excluding hydrogens is 379 g/mol. The van der Waals surface area contributed by atoms with Gasteiger partial charge in [0, 0.05) is 18.7 Å². The summed E-state index contributed by atoms with van der Waals surface area (Å²) in [5.74, 6) is -0.745. The number of rotatable bonds is 6.